The molecule has 0 spiro atoms. The number of likely N-dealkylation sites (tertiary alicyclic amines) is 1. The van der Waals surface area contributed by atoms with Crippen LogP contribution in [0.3, 0.4) is 0 Å². The monoisotopic (exact) mass is 484 g/mol. The summed E-state index contributed by atoms with van der Waals surface area (Å²) in [7, 11) is 2.96. The van der Waals surface area contributed by atoms with Crippen molar-refractivity contribution in [2.75, 3.05) is 32.6 Å². The van der Waals surface area contributed by atoms with Gasteiger partial charge < -0.3 is 19.4 Å². The number of amides is 2. The van der Waals surface area contributed by atoms with Crippen LogP contribution in [0.4, 0.5) is 10.5 Å². The highest BCUT2D eigenvalue weighted by Crippen LogP contribution is 2.34. The second-order valence-electron chi connectivity index (χ2n) is 8.72. The molecule has 1 aliphatic carbocycles. The number of pyridine rings is 1. The number of benzene rings is 1. The number of aromatic amines is 1. The zero-order valence-corrected chi connectivity index (χ0v) is 20.3. The van der Waals surface area contributed by atoms with Crippen LogP contribution in [0.15, 0.2) is 66.7 Å². The molecule has 2 amide bonds. The van der Waals surface area contributed by atoms with Crippen molar-refractivity contribution in [1.82, 2.24) is 14.9 Å². The van der Waals surface area contributed by atoms with Gasteiger partial charge in [-0.3, -0.25) is 10.1 Å². The van der Waals surface area contributed by atoms with E-state index in [-0.39, 0.29) is 5.91 Å². The average molecular weight is 485 g/mol. The summed E-state index contributed by atoms with van der Waals surface area (Å²) in [6.07, 6.45) is 14.0. The number of aromatic nitrogens is 2. The molecule has 5 rings (SSSR count). The first-order chi connectivity index (χ1) is 17.6. The minimum Gasteiger partial charge on any atom is -0.496 e. The van der Waals surface area contributed by atoms with E-state index in [0.717, 1.165) is 58.3 Å². The van der Waals surface area contributed by atoms with Gasteiger partial charge in [-0.25, -0.2) is 9.78 Å². The van der Waals surface area contributed by atoms with Gasteiger partial charge in [0, 0.05) is 47.6 Å². The Bertz CT molecular complexity index is 1410. The number of H-pyrrole nitrogens is 1. The van der Waals surface area contributed by atoms with Gasteiger partial charge in [0.2, 0.25) is 0 Å². The van der Waals surface area contributed by atoms with Crippen LogP contribution in [0.2, 0.25) is 0 Å². The number of nitrogens with one attached hydrogen (secondary N) is 2. The summed E-state index contributed by atoms with van der Waals surface area (Å²) >= 11 is 0. The fourth-order valence-corrected chi connectivity index (χ4v) is 4.68. The zero-order chi connectivity index (χ0) is 25.1. The maximum absolute atomic E-state index is 13.3. The van der Waals surface area contributed by atoms with Gasteiger partial charge >= 0.3 is 6.09 Å². The summed E-state index contributed by atoms with van der Waals surface area (Å²) in [5.74, 6) is 0.676. The first-order valence-corrected chi connectivity index (χ1v) is 12.0. The van der Waals surface area contributed by atoms with Crippen molar-refractivity contribution in [3.8, 4) is 11.1 Å². The summed E-state index contributed by atoms with van der Waals surface area (Å²) in [6.45, 7) is 1.42. The molecule has 3 aromatic rings. The number of methoxy groups -OCH3 is 2. The Kier molecular flexibility index (Phi) is 6.58. The van der Waals surface area contributed by atoms with Crippen molar-refractivity contribution < 1.29 is 19.1 Å². The largest absolute Gasteiger partial charge is 0.496 e. The van der Waals surface area contributed by atoms with E-state index in [4.69, 9.17) is 9.47 Å². The average Bonchev–Trinajstić information content (AvgIpc) is 3.53. The molecule has 0 radical (unpaired) electrons. The molecule has 1 saturated heterocycles. The number of hydrogen-bond acceptors (Lipinski definition) is 5. The molecule has 0 bridgehead atoms. The zero-order valence-electron chi connectivity index (χ0n) is 20.3. The smallest absolute Gasteiger partial charge is 0.411 e. The third-order valence-electron chi connectivity index (χ3n) is 6.55. The van der Waals surface area contributed by atoms with E-state index in [1.54, 1.807) is 19.4 Å². The molecule has 2 aliphatic rings. The lowest BCUT2D eigenvalue weighted by Gasteiger charge is -2.19. The fourth-order valence-electron chi connectivity index (χ4n) is 4.68. The van der Waals surface area contributed by atoms with Gasteiger partial charge in [0.05, 0.1) is 25.5 Å². The molecule has 1 aromatic carbocycles. The van der Waals surface area contributed by atoms with Crippen LogP contribution in [-0.2, 0) is 9.47 Å². The van der Waals surface area contributed by atoms with E-state index in [2.05, 4.69) is 33.5 Å². The van der Waals surface area contributed by atoms with Gasteiger partial charge in [-0.2, -0.15) is 0 Å². The van der Waals surface area contributed by atoms with E-state index in [1.165, 1.54) is 7.11 Å². The molecule has 2 N–H and O–H groups in total. The van der Waals surface area contributed by atoms with Crippen LogP contribution in [0.5, 0.6) is 0 Å². The number of carbonyl (C=O) groups is 2. The molecule has 0 atom stereocenters. The predicted molar refractivity (Wildman–Crippen MR) is 140 cm³/mol. The third kappa shape index (κ3) is 4.49. The van der Waals surface area contributed by atoms with Crippen molar-refractivity contribution in [3.05, 3.63) is 77.8 Å². The van der Waals surface area contributed by atoms with Gasteiger partial charge in [0.15, 0.2) is 0 Å². The minimum absolute atomic E-state index is 0.108. The first kappa shape index (κ1) is 23.4. The minimum atomic E-state index is -0.619. The molecule has 36 heavy (non-hydrogen) atoms. The normalized spacial score (nSPS) is 15.3. The Morgan fingerprint density at radius 2 is 1.94 bits per heavy atom. The van der Waals surface area contributed by atoms with Crippen molar-refractivity contribution in [3.63, 3.8) is 0 Å². The number of fused-ring (bicyclic) bond motifs is 1. The molecule has 2 aromatic heterocycles. The lowest BCUT2D eigenvalue weighted by atomic mass is 9.99. The summed E-state index contributed by atoms with van der Waals surface area (Å²) in [6, 6.07) is 7.49. The Morgan fingerprint density at radius 3 is 2.72 bits per heavy atom. The van der Waals surface area contributed by atoms with Crippen molar-refractivity contribution in [1.29, 1.82) is 0 Å². The summed E-state index contributed by atoms with van der Waals surface area (Å²) in [5, 5.41) is 3.63. The van der Waals surface area contributed by atoms with E-state index < -0.39 is 6.09 Å². The molecule has 8 nitrogen and oxygen atoms in total. The van der Waals surface area contributed by atoms with E-state index in [1.807, 2.05) is 35.4 Å². The Labute approximate surface area is 209 Å². The second kappa shape index (κ2) is 10.1. The summed E-state index contributed by atoms with van der Waals surface area (Å²) in [4.78, 5) is 35.0. The lowest BCUT2D eigenvalue weighted by molar-refractivity contribution is 0.0794. The molecular weight excluding hydrogens is 456 g/mol. The highest BCUT2D eigenvalue weighted by atomic mass is 16.5. The maximum atomic E-state index is 13.3. The second-order valence-corrected chi connectivity index (χ2v) is 8.72. The van der Waals surface area contributed by atoms with Crippen molar-refractivity contribution >= 4 is 34.3 Å². The van der Waals surface area contributed by atoms with Crippen LogP contribution in [0.25, 0.3) is 27.7 Å². The standard InChI is InChI=1S/C28H28N4O4/c1-35-25-9-5-3-4-8-20(25)23-17-30-26-21(23)15-19(16-29-26)18-10-11-24(31-28(34)36-2)22(14-18)27(33)32-12-6-7-13-32/h3,5,8-11,14-17H,4,6-7,12-13H2,1-2H3,(H,29,30)(H,31,34). The molecule has 0 unspecified atom stereocenters. The highest BCUT2D eigenvalue weighted by molar-refractivity contribution is 6.04. The molecule has 184 valence electrons. The Hall–Kier alpha value is -4.33. The van der Waals surface area contributed by atoms with Crippen LogP contribution in [-0.4, -0.2) is 54.2 Å². The van der Waals surface area contributed by atoms with Crippen molar-refractivity contribution in [2.24, 2.45) is 0 Å². The Balaban J connectivity index is 1.57. The van der Waals surface area contributed by atoms with E-state index >= 15 is 0 Å². The summed E-state index contributed by atoms with van der Waals surface area (Å²) < 4.78 is 10.4. The van der Waals surface area contributed by atoms with Gasteiger partial charge in [0.25, 0.3) is 5.91 Å². The predicted octanol–water partition coefficient (Wildman–Crippen LogP) is 5.52. The first-order valence-electron chi connectivity index (χ1n) is 12.0. The fraction of sp³-hybridized carbons (Fsp3) is 0.250. The number of nitrogens with zero attached hydrogens (tertiary/aromatic N) is 2. The molecule has 3 heterocycles. The van der Waals surface area contributed by atoms with Crippen LogP contribution in [0, 0.1) is 0 Å². The van der Waals surface area contributed by atoms with Crippen LogP contribution < -0.4 is 5.32 Å². The number of hydrogen-bond donors (Lipinski definition) is 2. The van der Waals surface area contributed by atoms with Gasteiger partial charge in [-0.1, -0.05) is 24.3 Å². The number of ether oxygens (including phenoxy) is 2. The molecule has 8 heteroatoms. The highest BCUT2D eigenvalue weighted by Gasteiger charge is 2.24. The number of allylic oxidation sites excluding steroid dienone is 5. The molecule has 1 fully saturated rings. The van der Waals surface area contributed by atoms with Crippen LogP contribution >= 0.6 is 0 Å². The molecular formula is C28H28N4O4. The lowest BCUT2D eigenvalue weighted by Crippen LogP contribution is -2.29. The number of anilines is 1. The van der Waals surface area contributed by atoms with E-state index in [9.17, 15) is 9.59 Å². The maximum Gasteiger partial charge on any atom is 0.411 e. The van der Waals surface area contributed by atoms with Gasteiger partial charge in [-0.05, 0) is 49.1 Å². The van der Waals surface area contributed by atoms with Crippen LogP contribution in [0.1, 0.15) is 35.2 Å². The SMILES string of the molecule is COC(=O)Nc1ccc(-c2cnc3[nH]cc(C4=CCC=CC=C4OC)c3c2)cc1C(=O)N1CCCC1. The number of carbonyl (C=O) groups excluding carboxylic acids is 2. The molecule has 1 aliphatic heterocycles. The topological polar surface area (TPSA) is 96.5 Å². The summed E-state index contributed by atoms with van der Waals surface area (Å²) in [5.41, 5.74) is 5.29. The van der Waals surface area contributed by atoms with E-state index in [0.29, 0.717) is 24.3 Å². The third-order valence-corrected chi connectivity index (χ3v) is 6.55. The van der Waals surface area contributed by atoms with Gasteiger partial charge in [0.1, 0.15) is 11.4 Å². The van der Waals surface area contributed by atoms with Crippen molar-refractivity contribution in [2.45, 2.75) is 19.3 Å². The quantitative estimate of drug-likeness (QED) is 0.497. The Morgan fingerprint density at radius 1 is 1.11 bits per heavy atom. The number of rotatable bonds is 5. The van der Waals surface area contributed by atoms with Gasteiger partial charge in [-0.15, -0.1) is 0 Å². The molecule has 0 saturated carbocycles.